The first-order valence-electron chi connectivity index (χ1n) is 9.52. The van der Waals surface area contributed by atoms with Gasteiger partial charge in [0, 0.05) is 24.7 Å². The summed E-state index contributed by atoms with van der Waals surface area (Å²) in [4.78, 5) is 26.0. The van der Waals surface area contributed by atoms with Crippen LogP contribution in [0, 0.1) is 0 Å². The van der Waals surface area contributed by atoms with Crippen molar-refractivity contribution in [1.82, 2.24) is 10.2 Å². The van der Waals surface area contributed by atoms with E-state index in [0.29, 0.717) is 17.8 Å². The minimum absolute atomic E-state index is 0.0488. The Morgan fingerprint density at radius 3 is 2.32 bits per heavy atom. The summed E-state index contributed by atoms with van der Waals surface area (Å²) >= 11 is 0. The van der Waals surface area contributed by atoms with E-state index in [4.69, 9.17) is 4.74 Å². The normalized spacial score (nSPS) is 11.8. The standard InChI is InChI=1S/C22H29N3O3/c1-5-25(6-2)21(18-8-7-9-20(14-18)28-4)15-23-22(27)17-10-12-19(13-11-17)24-16(3)26/h7-14,21H,5-6,15H2,1-4H3,(H,23,27)(H,24,26). The number of anilines is 1. The largest absolute Gasteiger partial charge is 0.497 e. The zero-order chi connectivity index (χ0) is 20.5. The second-order valence-electron chi connectivity index (χ2n) is 6.48. The molecule has 150 valence electrons. The van der Waals surface area contributed by atoms with Gasteiger partial charge < -0.3 is 15.4 Å². The van der Waals surface area contributed by atoms with Gasteiger partial charge in [-0.15, -0.1) is 0 Å². The van der Waals surface area contributed by atoms with E-state index in [2.05, 4.69) is 35.4 Å². The first kappa shape index (κ1) is 21.4. The van der Waals surface area contributed by atoms with Gasteiger partial charge in [0.15, 0.2) is 0 Å². The van der Waals surface area contributed by atoms with Crippen molar-refractivity contribution in [2.24, 2.45) is 0 Å². The molecule has 2 N–H and O–H groups in total. The number of rotatable bonds is 9. The van der Waals surface area contributed by atoms with E-state index in [1.165, 1.54) is 6.92 Å². The van der Waals surface area contributed by atoms with Crippen molar-refractivity contribution in [3.63, 3.8) is 0 Å². The number of hydrogen-bond donors (Lipinski definition) is 2. The SMILES string of the molecule is CCN(CC)C(CNC(=O)c1ccc(NC(C)=O)cc1)c1cccc(OC)c1. The summed E-state index contributed by atoms with van der Waals surface area (Å²) in [5, 5.41) is 5.73. The number of carbonyl (C=O) groups is 2. The maximum atomic E-state index is 12.6. The van der Waals surface area contributed by atoms with Crippen LogP contribution in [-0.4, -0.2) is 43.5 Å². The van der Waals surface area contributed by atoms with Gasteiger partial charge in [0.05, 0.1) is 13.2 Å². The van der Waals surface area contributed by atoms with Crippen molar-refractivity contribution in [2.75, 3.05) is 32.1 Å². The number of carbonyl (C=O) groups excluding carboxylic acids is 2. The third-order valence-electron chi connectivity index (χ3n) is 4.66. The number of ether oxygens (including phenoxy) is 1. The van der Waals surface area contributed by atoms with Gasteiger partial charge in [0.1, 0.15) is 5.75 Å². The lowest BCUT2D eigenvalue weighted by Crippen LogP contribution is -2.38. The maximum absolute atomic E-state index is 12.6. The molecule has 0 fully saturated rings. The molecule has 28 heavy (non-hydrogen) atoms. The van der Waals surface area contributed by atoms with Crippen LogP contribution in [0.1, 0.15) is 42.7 Å². The highest BCUT2D eigenvalue weighted by Gasteiger charge is 2.19. The third kappa shape index (κ3) is 5.82. The number of methoxy groups -OCH3 is 1. The van der Waals surface area contributed by atoms with Crippen LogP contribution in [0.4, 0.5) is 5.69 Å². The van der Waals surface area contributed by atoms with Gasteiger partial charge in [0.2, 0.25) is 5.91 Å². The van der Waals surface area contributed by atoms with E-state index in [0.717, 1.165) is 24.4 Å². The molecule has 0 radical (unpaired) electrons. The Morgan fingerprint density at radius 1 is 1.07 bits per heavy atom. The van der Waals surface area contributed by atoms with Crippen LogP contribution >= 0.6 is 0 Å². The van der Waals surface area contributed by atoms with Crippen LogP contribution in [-0.2, 0) is 4.79 Å². The van der Waals surface area contributed by atoms with E-state index in [-0.39, 0.29) is 17.9 Å². The Bertz CT molecular complexity index is 786. The minimum Gasteiger partial charge on any atom is -0.497 e. The zero-order valence-electron chi connectivity index (χ0n) is 17.0. The fraction of sp³-hybridized carbons (Fsp3) is 0.364. The lowest BCUT2D eigenvalue weighted by molar-refractivity contribution is -0.114. The fourth-order valence-electron chi connectivity index (χ4n) is 3.17. The van der Waals surface area contributed by atoms with E-state index < -0.39 is 0 Å². The highest BCUT2D eigenvalue weighted by molar-refractivity contribution is 5.95. The van der Waals surface area contributed by atoms with Crippen molar-refractivity contribution < 1.29 is 14.3 Å². The molecule has 6 nitrogen and oxygen atoms in total. The van der Waals surface area contributed by atoms with Gasteiger partial charge in [0.25, 0.3) is 5.91 Å². The van der Waals surface area contributed by atoms with Crippen molar-refractivity contribution in [3.8, 4) is 5.75 Å². The molecule has 0 saturated carbocycles. The van der Waals surface area contributed by atoms with Crippen LogP contribution in [0.15, 0.2) is 48.5 Å². The first-order valence-corrected chi connectivity index (χ1v) is 9.52. The molecule has 2 aromatic rings. The molecular weight excluding hydrogens is 354 g/mol. The molecule has 0 saturated heterocycles. The van der Waals surface area contributed by atoms with E-state index in [1.54, 1.807) is 31.4 Å². The number of nitrogens with zero attached hydrogens (tertiary/aromatic N) is 1. The molecule has 2 aromatic carbocycles. The second kappa shape index (κ2) is 10.5. The monoisotopic (exact) mass is 383 g/mol. The molecule has 0 aliphatic rings. The third-order valence-corrected chi connectivity index (χ3v) is 4.66. The van der Waals surface area contributed by atoms with Gasteiger partial charge in [-0.2, -0.15) is 0 Å². The number of nitrogens with one attached hydrogen (secondary N) is 2. The smallest absolute Gasteiger partial charge is 0.251 e. The van der Waals surface area contributed by atoms with E-state index in [1.807, 2.05) is 18.2 Å². The van der Waals surface area contributed by atoms with Crippen LogP contribution < -0.4 is 15.4 Å². The molecule has 1 atom stereocenters. The predicted octanol–water partition coefficient (Wildman–Crippen LogP) is 3.47. The summed E-state index contributed by atoms with van der Waals surface area (Å²) < 4.78 is 5.35. The van der Waals surface area contributed by atoms with Crippen molar-refractivity contribution in [2.45, 2.75) is 26.8 Å². The predicted molar refractivity (Wildman–Crippen MR) is 112 cm³/mol. The summed E-state index contributed by atoms with van der Waals surface area (Å²) in [6.07, 6.45) is 0. The molecule has 0 aliphatic heterocycles. The summed E-state index contributed by atoms with van der Waals surface area (Å²) in [6.45, 7) is 7.91. The molecular formula is C22H29N3O3. The number of likely N-dealkylation sites (N-methyl/N-ethyl adjacent to an activating group) is 1. The Morgan fingerprint density at radius 2 is 1.75 bits per heavy atom. The van der Waals surface area contributed by atoms with Gasteiger partial charge >= 0.3 is 0 Å². The van der Waals surface area contributed by atoms with Gasteiger partial charge in [-0.05, 0) is 55.1 Å². The van der Waals surface area contributed by atoms with Crippen molar-refractivity contribution in [3.05, 3.63) is 59.7 Å². The van der Waals surface area contributed by atoms with Crippen LogP contribution in [0.2, 0.25) is 0 Å². The molecule has 0 heterocycles. The minimum atomic E-state index is -0.144. The molecule has 0 bridgehead atoms. The highest BCUT2D eigenvalue weighted by atomic mass is 16.5. The topological polar surface area (TPSA) is 70.7 Å². The van der Waals surface area contributed by atoms with E-state index >= 15 is 0 Å². The fourth-order valence-corrected chi connectivity index (χ4v) is 3.17. The Hall–Kier alpha value is -2.86. The lowest BCUT2D eigenvalue weighted by atomic mass is 10.0. The number of amides is 2. The molecule has 1 unspecified atom stereocenters. The summed E-state index contributed by atoms with van der Waals surface area (Å²) in [7, 11) is 1.65. The summed E-state index contributed by atoms with van der Waals surface area (Å²) in [5.41, 5.74) is 2.32. The molecule has 2 rings (SSSR count). The van der Waals surface area contributed by atoms with Crippen molar-refractivity contribution >= 4 is 17.5 Å². The second-order valence-corrected chi connectivity index (χ2v) is 6.48. The van der Waals surface area contributed by atoms with Gasteiger partial charge in [-0.1, -0.05) is 26.0 Å². The van der Waals surface area contributed by atoms with Gasteiger partial charge in [-0.25, -0.2) is 0 Å². The molecule has 2 amide bonds. The average Bonchev–Trinajstić information content (AvgIpc) is 2.71. The summed E-state index contributed by atoms with van der Waals surface area (Å²) in [5.74, 6) is 0.515. The Labute approximate surface area is 166 Å². The maximum Gasteiger partial charge on any atom is 0.251 e. The number of benzene rings is 2. The first-order chi connectivity index (χ1) is 13.5. The zero-order valence-corrected chi connectivity index (χ0v) is 17.0. The summed E-state index contributed by atoms with van der Waals surface area (Å²) in [6, 6.07) is 14.9. The van der Waals surface area contributed by atoms with Crippen LogP contribution in [0.25, 0.3) is 0 Å². The molecule has 6 heteroatoms. The van der Waals surface area contributed by atoms with Crippen molar-refractivity contribution in [1.29, 1.82) is 0 Å². The average molecular weight is 383 g/mol. The van der Waals surface area contributed by atoms with Crippen LogP contribution in [0.3, 0.4) is 0 Å². The Kier molecular flexibility index (Phi) is 8.02. The van der Waals surface area contributed by atoms with E-state index in [9.17, 15) is 9.59 Å². The lowest BCUT2D eigenvalue weighted by Gasteiger charge is -2.30. The molecule has 0 aromatic heterocycles. The quantitative estimate of drug-likeness (QED) is 0.696. The van der Waals surface area contributed by atoms with Gasteiger partial charge in [-0.3, -0.25) is 14.5 Å². The Balaban J connectivity index is 2.11. The molecule has 0 aliphatic carbocycles. The highest BCUT2D eigenvalue weighted by Crippen LogP contribution is 2.24. The number of hydrogen-bond acceptors (Lipinski definition) is 4. The molecule has 0 spiro atoms. The van der Waals surface area contributed by atoms with Crippen LogP contribution in [0.5, 0.6) is 5.75 Å².